The first-order chi connectivity index (χ1) is 10.6. The zero-order valence-electron chi connectivity index (χ0n) is 11.8. The third-order valence-electron chi connectivity index (χ3n) is 2.77. The highest BCUT2D eigenvalue weighted by molar-refractivity contribution is 5.92. The number of anilines is 1. The van der Waals surface area contributed by atoms with E-state index in [4.69, 9.17) is 9.47 Å². The number of non-ortho nitro benzene ring substituents is 1. The van der Waals surface area contributed by atoms with Crippen LogP contribution in [-0.4, -0.2) is 24.5 Å². The molecule has 7 nitrogen and oxygen atoms in total. The molecule has 1 amide bonds. The van der Waals surface area contributed by atoms with E-state index >= 15 is 0 Å². The Morgan fingerprint density at radius 1 is 1.18 bits per heavy atom. The van der Waals surface area contributed by atoms with Crippen LogP contribution >= 0.6 is 0 Å². The Hall–Kier alpha value is -3.09. The summed E-state index contributed by atoms with van der Waals surface area (Å²) in [5.74, 6) is 0.805. The molecule has 0 fully saturated rings. The van der Waals surface area contributed by atoms with Crippen molar-refractivity contribution in [3.63, 3.8) is 0 Å². The first kappa shape index (κ1) is 15.3. The lowest BCUT2D eigenvalue weighted by atomic mass is 10.3. The first-order valence-corrected chi connectivity index (χ1v) is 6.39. The first-order valence-electron chi connectivity index (χ1n) is 6.39. The minimum atomic E-state index is -0.524. The lowest BCUT2D eigenvalue weighted by Gasteiger charge is -2.08. The van der Waals surface area contributed by atoms with Crippen molar-refractivity contribution in [3.05, 3.63) is 58.6 Å². The summed E-state index contributed by atoms with van der Waals surface area (Å²) >= 11 is 0. The third-order valence-corrected chi connectivity index (χ3v) is 2.77. The maximum atomic E-state index is 11.8. The second kappa shape index (κ2) is 7.07. The molecule has 22 heavy (non-hydrogen) atoms. The van der Waals surface area contributed by atoms with Crippen LogP contribution in [0, 0.1) is 10.1 Å². The van der Waals surface area contributed by atoms with Crippen molar-refractivity contribution in [1.29, 1.82) is 0 Å². The van der Waals surface area contributed by atoms with Crippen molar-refractivity contribution in [2.75, 3.05) is 19.0 Å². The number of amides is 1. The third kappa shape index (κ3) is 4.20. The van der Waals surface area contributed by atoms with Crippen molar-refractivity contribution in [2.24, 2.45) is 0 Å². The maximum Gasteiger partial charge on any atom is 0.271 e. The molecule has 2 rings (SSSR count). The Balaban J connectivity index is 1.89. The Kier molecular flexibility index (Phi) is 4.92. The van der Waals surface area contributed by atoms with E-state index in [-0.39, 0.29) is 12.3 Å². The normalized spacial score (nSPS) is 9.86. The number of hydrogen-bond donors (Lipinski definition) is 1. The van der Waals surface area contributed by atoms with E-state index < -0.39 is 10.8 Å². The molecule has 0 aliphatic rings. The number of nitrogens with zero attached hydrogens (tertiary/aromatic N) is 1. The average Bonchev–Trinajstić information content (AvgIpc) is 2.53. The monoisotopic (exact) mass is 302 g/mol. The largest absolute Gasteiger partial charge is 0.497 e. The molecule has 0 heterocycles. The molecular weight excluding hydrogens is 288 g/mol. The van der Waals surface area contributed by atoms with Crippen molar-refractivity contribution in [2.45, 2.75) is 0 Å². The fourth-order valence-electron chi connectivity index (χ4n) is 1.72. The standard InChI is InChI=1S/C15H14N2O5/c1-21-13-5-7-14(8-6-13)22-10-15(18)16-11-3-2-4-12(9-11)17(19)20/h2-9H,10H2,1H3,(H,16,18). The van der Waals surface area contributed by atoms with Gasteiger partial charge in [-0.2, -0.15) is 0 Å². The molecule has 1 N–H and O–H groups in total. The Morgan fingerprint density at radius 2 is 1.86 bits per heavy atom. The van der Waals surface area contributed by atoms with Crippen LogP contribution in [0.3, 0.4) is 0 Å². The van der Waals surface area contributed by atoms with Gasteiger partial charge in [-0.3, -0.25) is 14.9 Å². The van der Waals surface area contributed by atoms with Crippen molar-refractivity contribution in [3.8, 4) is 11.5 Å². The van der Waals surface area contributed by atoms with Gasteiger partial charge < -0.3 is 14.8 Å². The summed E-state index contributed by atoms with van der Waals surface area (Å²) in [5.41, 5.74) is 0.256. The fourth-order valence-corrected chi connectivity index (χ4v) is 1.72. The van der Waals surface area contributed by atoms with Crippen molar-refractivity contribution in [1.82, 2.24) is 0 Å². The minimum absolute atomic E-state index is 0.0890. The molecule has 0 saturated carbocycles. The highest BCUT2D eigenvalue weighted by Crippen LogP contribution is 2.18. The van der Waals surface area contributed by atoms with Gasteiger partial charge in [-0.1, -0.05) is 6.07 Å². The summed E-state index contributed by atoms with van der Waals surface area (Å²) in [7, 11) is 1.56. The van der Waals surface area contributed by atoms with Crippen LogP contribution in [0.5, 0.6) is 11.5 Å². The highest BCUT2D eigenvalue weighted by Gasteiger charge is 2.08. The van der Waals surface area contributed by atoms with E-state index in [0.29, 0.717) is 17.2 Å². The molecule has 0 radical (unpaired) electrons. The van der Waals surface area contributed by atoms with Gasteiger partial charge in [0, 0.05) is 17.8 Å². The number of nitro groups is 1. The number of rotatable bonds is 6. The van der Waals surface area contributed by atoms with Crippen LogP contribution < -0.4 is 14.8 Å². The Labute approximate surface area is 126 Å². The van der Waals surface area contributed by atoms with Gasteiger partial charge >= 0.3 is 0 Å². The van der Waals surface area contributed by atoms with E-state index in [1.807, 2.05) is 0 Å². The summed E-state index contributed by atoms with van der Waals surface area (Å²) in [6, 6.07) is 12.5. The SMILES string of the molecule is COc1ccc(OCC(=O)Nc2cccc([N+](=O)[O-])c2)cc1. The molecule has 0 aromatic heterocycles. The number of hydrogen-bond acceptors (Lipinski definition) is 5. The lowest BCUT2D eigenvalue weighted by molar-refractivity contribution is -0.384. The zero-order chi connectivity index (χ0) is 15.9. The predicted molar refractivity (Wildman–Crippen MR) is 80.2 cm³/mol. The predicted octanol–water partition coefficient (Wildman–Crippen LogP) is 2.62. The van der Waals surface area contributed by atoms with Gasteiger partial charge in [0.05, 0.1) is 12.0 Å². The number of ether oxygens (including phenoxy) is 2. The van der Waals surface area contributed by atoms with E-state index in [9.17, 15) is 14.9 Å². The van der Waals surface area contributed by atoms with Gasteiger partial charge in [0.25, 0.3) is 11.6 Å². The second-order valence-corrected chi connectivity index (χ2v) is 4.32. The summed E-state index contributed by atoms with van der Waals surface area (Å²) in [5, 5.41) is 13.2. The molecule has 114 valence electrons. The quantitative estimate of drug-likeness (QED) is 0.654. The van der Waals surface area contributed by atoms with E-state index in [1.165, 1.54) is 18.2 Å². The minimum Gasteiger partial charge on any atom is -0.497 e. The van der Waals surface area contributed by atoms with Crippen LogP contribution in [-0.2, 0) is 4.79 Å². The second-order valence-electron chi connectivity index (χ2n) is 4.32. The van der Waals surface area contributed by atoms with Crippen LogP contribution in [0.2, 0.25) is 0 Å². The van der Waals surface area contributed by atoms with Gasteiger partial charge in [-0.05, 0) is 30.3 Å². The van der Waals surface area contributed by atoms with Crippen molar-refractivity contribution < 1.29 is 19.2 Å². The summed E-state index contributed by atoms with van der Waals surface area (Å²) in [4.78, 5) is 21.9. The van der Waals surface area contributed by atoms with E-state index in [0.717, 1.165) is 0 Å². The number of benzene rings is 2. The lowest BCUT2D eigenvalue weighted by Crippen LogP contribution is -2.20. The zero-order valence-corrected chi connectivity index (χ0v) is 11.8. The van der Waals surface area contributed by atoms with Gasteiger partial charge in [0.15, 0.2) is 6.61 Å². The fraction of sp³-hybridized carbons (Fsp3) is 0.133. The molecule has 0 aliphatic carbocycles. The summed E-state index contributed by atoms with van der Waals surface area (Å²) in [6.45, 7) is -0.199. The van der Waals surface area contributed by atoms with Crippen LogP contribution in [0.15, 0.2) is 48.5 Å². The number of carbonyl (C=O) groups excluding carboxylic acids is 1. The summed E-state index contributed by atoms with van der Waals surface area (Å²) < 4.78 is 10.3. The smallest absolute Gasteiger partial charge is 0.271 e. The average molecular weight is 302 g/mol. The Morgan fingerprint density at radius 3 is 2.50 bits per heavy atom. The molecule has 0 atom stereocenters. The van der Waals surface area contributed by atoms with E-state index in [2.05, 4.69) is 5.32 Å². The molecule has 0 saturated heterocycles. The highest BCUT2D eigenvalue weighted by atomic mass is 16.6. The van der Waals surface area contributed by atoms with Crippen LogP contribution in [0.25, 0.3) is 0 Å². The number of methoxy groups -OCH3 is 1. The number of nitrogens with one attached hydrogen (secondary N) is 1. The molecule has 2 aromatic rings. The molecule has 7 heteroatoms. The topological polar surface area (TPSA) is 90.7 Å². The van der Waals surface area contributed by atoms with E-state index in [1.54, 1.807) is 37.4 Å². The Bertz CT molecular complexity index is 670. The van der Waals surface area contributed by atoms with Crippen molar-refractivity contribution >= 4 is 17.3 Å². The van der Waals surface area contributed by atoms with Gasteiger partial charge in [-0.15, -0.1) is 0 Å². The number of nitro benzene ring substituents is 1. The number of carbonyl (C=O) groups is 1. The molecular formula is C15H14N2O5. The van der Waals surface area contributed by atoms with Gasteiger partial charge in [0.2, 0.25) is 0 Å². The molecule has 0 unspecified atom stereocenters. The summed E-state index contributed by atoms with van der Waals surface area (Å²) in [6.07, 6.45) is 0. The van der Waals surface area contributed by atoms with Crippen LogP contribution in [0.4, 0.5) is 11.4 Å². The molecule has 0 bridgehead atoms. The van der Waals surface area contributed by atoms with Gasteiger partial charge in [0.1, 0.15) is 11.5 Å². The molecule has 0 aliphatic heterocycles. The van der Waals surface area contributed by atoms with Gasteiger partial charge in [-0.25, -0.2) is 0 Å². The molecule has 0 spiro atoms. The maximum absolute atomic E-state index is 11.8. The molecule has 2 aromatic carbocycles. The van der Waals surface area contributed by atoms with Crippen LogP contribution in [0.1, 0.15) is 0 Å².